The van der Waals surface area contributed by atoms with Gasteiger partial charge in [-0.05, 0) is 17.3 Å². The fourth-order valence-corrected chi connectivity index (χ4v) is 1.56. The van der Waals surface area contributed by atoms with Gasteiger partial charge >= 0.3 is 5.97 Å². The Kier molecular flexibility index (Phi) is 3.15. The molecule has 8 nitrogen and oxygen atoms in total. The van der Waals surface area contributed by atoms with E-state index in [1.54, 1.807) is 0 Å². The minimum atomic E-state index is -0.773. The van der Waals surface area contributed by atoms with Crippen molar-refractivity contribution >= 4 is 22.6 Å². The van der Waals surface area contributed by atoms with Crippen LogP contribution in [0.4, 0.5) is 5.69 Å². The molecule has 0 aliphatic heterocycles. The first-order valence-electron chi connectivity index (χ1n) is 5.05. The van der Waals surface area contributed by atoms with E-state index in [-0.39, 0.29) is 22.4 Å². The second kappa shape index (κ2) is 4.77. The third-order valence-electron chi connectivity index (χ3n) is 2.44. The predicted molar refractivity (Wildman–Crippen MR) is 61.6 cm³/mol. The Labute approximate surface area is 105 Å². The maximum Gasteiger partial charge on any atom is 0.343 e. The molecule has 1 N–H and O–H groups in total. The number of nitrogens with zero attached hydrogens (tertiary/aromatic N) is 2. The summed E-state index contributed by atoms with van der Waals surface area (Å²) >= 11 is 0. The highest BCUT2D eigenvalue weighted by molar-refractivity contribution is 5.93. The van der Waals surface area contributed by atoms with Gasteiger partial charge in [-0.3, -0.25) is 10.1 Å². The van der Waals surface area contributed by atoms with E-state index in [0.717, 1.165) is 7.11 Å². The van der Waals surface area contributed by atoms with E-state index < -0.39 is 10.9 Å². The summed E-state index contributed by atoms with van der Waals surface area (Å²) in [5, 5.41) is 22.6. The fraction of sp³-hybridized carbons (Fsp3) is 0.0909. The quantitative estimate of drug-likeness (QED) is 0.379. The molecule has 2 aromatic rings. The zero-order valence-electron chi connectivity index (χ0n) is 9.69. The van der Waals surface area contributed by atoms with Gasteiger partial charge in [-0.2, -0.15) is 0 Å². The van der Waals surface area contributed by atoms with Gasteiger partial charge in [-0.25, -0.2) is 4.79 Å². The summed E-state index contributed by atoms with van der Waals surface area (Å²) in [6.07, 6.45) is 0. The summed E-state index contributed by atoms with van der Waals surface area (Å²) in [5.74, 6) is -0.773. The SMILES string of the molecule is COC(=O)c1cc2cc([N+](=O)[O-])ccc2oc1=NO. The number of methoxy groups -OCH3 is 1. The number of hydrogen-bond donors (Lipinski definition) is 1. The number of fused-ring (bicyclic) bond motifs is 1. The number of hydrogen-bond acceptors (Lipinski definition) is 7. The van der Waals surface area contributed by atoms with Gasteiger partial charge in [-0.15, -0.1) is 0 Å². The van der Waals surface area contributed by atoms with Crippen molar-refractivity contribution in [1.29, 1.82) is 0 Å². The van der Waals surface area contributed by atoms with Crippen molar-refractivity contribution in [3.63, 3.8) is 0 Å². The van der Waals surface area contributed by atoms with E-state index in [4.69, 9.17) is 9.62 Å². The zero-order chi connectivity index (χ0) is 14.0. The molecule has 0 aliphatic carbocycles. The van der Waals surface area contributed by atoms with Crippen LogP contribution in [-0.2, 0) is 4.74 Å². The maximum absolute atomic E-state index is 11.5. The summed E-state index contributed by atoms with van der Waals surface area (Å²) in [4.78, 5) is 21.6. The number of carbonyl (C=O) groups is 1. The number of nitro groups is 1. The molecule has 1 aromatic heterocycles. The van der Waals surface area contributed by atoms with Crippen LogP contribution in [0.3, 0.4) is 0 Å². The Morgan fingerprint density at radius 3 is 2.79 bits per heavy atom. The number of esters is 1. The van der Waals surface area contributed by atoms with E-state index in [1.807, 2.05) is 0 Å². The molecule has 0 saturated carbocycles. The van der Waals surface area contributed by atoms with Crippen molar-refractivity contribution in [3.05, 3.63) is 45.5 Å². The average molecular weight is 264 g/mol. The molecule has 0 bridgehead atoms. The smallest absolute Gasteiger partial charge is 0.343 e. The van der Waals surface area contributed by atoms with Crippen LogP contribution >= 0.6 is 0 Å². The van der Waals surface area contributed by atoms with Crippen LogP contribution in [0.25, 0.3) is 11.0 Å². The van der Waals surface area contributed by atoms with Crippen LogP contribution in [0.1, 0.15) is 10.4 Å². The van der Waals surface area contributed by atoms with Gasteiger partial charge < -0.3 is 14.4 Å². The van der Waals surface area contributed by atoms with Crippen LogP contribution in [0.15, 0.2) is 33.8 Å². The van der Waals surface area contributed by atoms with E-state index in [0.29, 0.717) is 5.39 Å². The van der Waals surface area contributed by atoms with Crippen molar-refractivity contribution in [2.75, 3.05) is 7.11 Å². The first-order valence-corrected chi connectivity index (χ1v) is 5.05. The highest BCUT2D eigenvalue weighted by Crippen LogP contribution is 2.20. The summed E-state index contributed by atoms with van der Waals surface area (Å²) in [7, 11) is 1.15. The lowest BCUT2D eigenvalue weighted by Gasteiger charge is -2.02. The first-order chi connectivity index (χ1) is 9.06. The van der Waals surface area contributed by atoms with Crippen LogP contribution in [0.5, 0.6) is 0 Å². The van der Waals surface area contributed by atoms with Crippen molar-refractivity contribution in [3.8, 4) is 0 Å². The molecule has 0 amide bonds. The Morgan fingerprint density at radius 2 is 2.21 bits per heavy atom. The van der Waals surface area contributed by atoms with Gasteiger partial charge in [0, 0.05) is 17.5 Å². The molecule has 2 rings (SSSR count). The lowest BCUT2D eigenvalue weighted by atomic mass is 10.1. The monoisotopic (exact) mass is 264 g/mol. The largest absolute Gasteiger partial charge is 0.465 e. The highest BCUT2D eigenvalue weighted by atomic mass is 16.6. The summed E-state index contributed by atoms with van der Waals surface area (Å²) in [6, 6.07) is 5.13. The predicted octanol–water partition coefficient (Wildman–Crippen LogP) is 1.42. The number of carbonyl (C=O) groups excluding carboxylic acids is 1. The van der Waals surface area contributed by atoms with Crippen LogP contribution in [0.2, 0.25) is 0 Å². The third-order valence-corrected chi connectivity index (χ3v) is 2.44. The number of benzene rings is 1. The van der Waals surface area contributed by atoms with E-state index in [1.165, 1.54) is 24.3 Å². The lowest BCUT2D eigenvalue weighted by molar-refractivity contribution is -0.384. The van der Waals surface area contributed by atoms with Crippen molar-refractivity contribution in [2.45, 2.75) is 0 Å². The molecular formula is C11H8N2O6. The molecule has 8 heteroatoms. The Morgan fingerprint density at radius 1 is 1.47 bits per heavy atom. The summed E-state index contributed by atoms with van der Waals surface area (Å²) in [6.45, 7) is 0. The van der Waals surface area contributed by atoms with Gasteiger partial charge in [0.1, 0.15) is 11.1 Å². The van der Waals surface area contributed by atoms with E-state index >= 15 is 0 Å². The molecule has 0 saturated heterocycles. The average Bonchev–Trinajstić information content (AvgIpc) is 2.44. The molecule has 98 valence electrons. The second-order valence-electron chi connectivity index (χ2n) is 3.54. The Bertz CT molecular complexity index is 734. The van der Waals surface area contributed by atoms with Crippen LogP contribution < -0.4 is 5.55 Å². The van der Waals surface area contributed by atoms with Gasteiger partial charge in [0.05, 0.1) is 12.0 Å². The van der Waals surface area contributed by atoms with Crippen molar-refractivity contribution in [1.82, 2.24) is 0 Å². The number of non-ortho nitro benzene ring substituents is 1. The van der Waals surface area contributed by atoms with Gasteiger partial charge in [0.2, 0.25) is 0 Å². The van der Waals surface area contributed by atoms with Crippen molar-refractivity contribution in [2.24, 2.45) is 5.16 Å². The standard InChI is InChI=1S/C11H8N2O6/c1-18-11(14)8-5-6-4-7(13(16)17)2-3-9(6)19-10(8)12-15/h2-5,15H,1H3. The van der Waals surface area contributed by atoms with Crippen LogP contribution in [0, 0.1) is 10.1 Å². The molecule has 1 heterocycles. The first kappa shape index (κ1) is 12.6. The Balaban J connectivity index is 2.76. The maximum atomic E-state index is 11.5. The third kappa shape index (κ3) is 2.23. The normalized spacial score (nSPS) is 11.5. The minimum absolute atomic E-state index is 0.127. The molecule has 0 unspecified atom stereocenters. The minimum Gasteiger partial charge on any atom is -0.465 e. The number of ether oxygens (including phenoxy) is 1. The highest BCUT2D eigenvalue weighted by Gasteiger charge is 2.15. The molecule has 1 aromatic carbocycles. The van der Waals surface area contributed by atoms with E-state index in [2.05, 4.69) is 9.89 Å². The van der Waals surface area contributed by atoms with Gasteiger partial charge in [0.25, 0.3) is 11.2 Å². The van der Waals surface area contributed by atoms with Crippen molar-refractivity contribution < 1.29 is 24.1 Å². The number of nitro benzene ring substituents is 1. The van der Waals surface area contributed by atoms with Gasteiger partial charge in [-0.1, -0.05) is 0 Å². The zero-order valence-corrected chi connectivity index (χ0v) is 9.69. The second-order valence-corrected chi connectivity index (χ2v) is 3.54. The summed E-state index contributed by atoms with van der Waals surface area (Å²) in [5.41, 5.74) is -0.357. The van der Waals surface area contributed by atoms with Crippen LogP contribution in [-0.4, -0.2) is 23.2 Å². The molecule has 19 heavy (non-hydrogen) atoms. The molecule has 0 aliphatic rings. The molecule has 0 radical (unpaired) electrons. The molecular weight excluding hydrogens is 256 g/mol. The fourth-order valence-electron chi connectivity index (χ4n) is 1.56. The lowest BCUT2D eigenvalue weighted by Crippen LogP contribution is -2.16. The topological polar surface area (TPSA) is 115 Å². The van der Waals surface area contributed by atoms with E-state index in [9.17, 15) is 14.9 Å². The number of rotatable bonds is 2. The molecule has 0 fully saturated rings. The molecule has 0 atom stereocenters. The van der Waals surface area contributed by atoms with Gasteiger partial charge in [0.15, 0.2) is 0 Å². The molecule has 0 spiro atoms. The summed E-state index contributed by atoms with van der Waals surface area (Å²) < 4.78 is 9.66. The Hall–Kier alpha value is -2.90.